The van der Waals surface area contributed by atoms with E-state index in [2.05, 4.69) is 21.2 Å². The lowest BCUT2D eigenvalue weighted by Crippen LogP contribution is -2.42. The Balaban J connectivity index is 2.83. The highest BCUT2D eigenvalue weighted by atomic mass is 79.9. The van der Waals surface area contributed by atoms with E-state index < -0.39 is 11.9 Å². The highest BCUT2D eigenvalue weighted by Gasteiger charge is 2.22. The molecule has 0 aromatic heterocycles. The van der Waals surface area contributed by atoms with Crippen molar-refractivity contribution < 1.29 is 9.53 Å². The third kappa shape index (κ3) is 4.15. The summed E-state index contributed by atoms with van der Waals surface area (Å²) in [6.07, 6.45) is 0. The minimum absolute atomic E-state index is 0.0260. The highest BCUT2D eigenvalue weighted by Crippen LogP contribution is 2.26. The van der Waals surface area contributed by atoms with Gasteiger partial charge in [0, 0.05) is 23.2 Å². The number of hydrogen-bond acceptors (Lipinski definition) is 3. The second kappa shape index (κ2) is 6.97. The number of ether oxygens (including phenoxy) is 1. The SMILES string of the molecule is COCC(C)C(Nc1ccc(Cl)c(Br)c1)C(N)=O. The summed E-state index contributed by atoms with van der Waals surface area (Å²) in [6.45, 7) is 2.35. The van der Waals surface area contributed by atoms with Gasteiger partial charge < -0.3 is 15.8 Å². The lowest BCUT2D eigenvalue weighted by Gasteiger charge is -2.23. The minimum Gasteiger partial charge on any atom is -0.384 e. The summed E-state index contributed by atoms with van der Waals surface area (Å²) in [4.78, 5) is 11.4. The van der Waals surface area contributed by atoms with Crippen molar-refractivity contribution in [2.75, 3.05) is 19.0 Å². The van der Waals surface area contributed by atoms with Crippen LogP contribution in [0.3, 0.4) is 0 Å². The molecule has 0 fully saturated rings. The number of carbonyl (C=O) groups excluding carboxylic acids is 1. The van der Waals surface area contributed by atoms with Crippen molar-refractivity contribution >= 4 is 39.1 Å². The van der Waals surface area contributed by atoms with Crippen LogP contribution in [-0.4, -0.2) is 25.7 Å². The van der Waals surface area contributed by atoms with E-state index in [1.54, 1.807) is 25.3 Å². The van der Waals surface area contributed by atoms with E-state index in [1.807, 2.05) is 6.92 Å². The molecule has 1 rings (SSSR count). The predicted molar refractivity (Wildman–Crippen MR) is 76.8 cm³/mol. The number of hydrogen-bond donors (Lipinski definition) is 2. The van der Waals surface area contributed by atoms with Gasteiger partial charge in [-0.25, -0.2) is 0 Å². The number of rotatable bonds is 6. The third-order valence-corrected chi connectivity index (χ3v) is 3.76. The summed E-state index contributed by atoms with van der Waals surface area (Å²) < 4.78 is 5.80. The maximum absolute atomic E-state index is 11.4. The normalized spacial score (nSPS) is 14.0. The van der Waals surface area contributed by atoms with Crippen molar-refractivity contribution in [1.29, 1.82) is 0 Å². The van der Waals surface area contributed by atoms with E-state index in [0.29, 0.717) is 11.6 Å². The van der Waals surface area contributed by atoms with Crippen molar-refractivity contribution in [3.63, 3.8) is 0 Å². The minimum atomic E-state index is -0.488. The smallest absolute Gasteiger partial charge is 0.240 e. The number of nitrogens with one attached hydrogen (secondary N) is 1. The van der Waals surface area contributed by atoms with Crippen LogP contribution in [0.5, 0.6) is 0 Å². The van der Waals surface area contributed by atoms with Crippen LogP contribution >= 0.6 is 27.5 Å². The van der Waals surface area contributed by atoms with Gasteiger partial charge in [-0.05, 0) is 34.1 Å². The number of carbonyl (C=O) groups is 1. The van der Waals surface area contributed by atoms with Crippen molar-refractivity contribution in [3.8, 4) is 0 Å². The van der Waals surface area contributed by atoms with Gasteiger partial charge in [0.15, 0.2) is 0 Å². The molecule has 0 saturated carbocycles. The standard InChI is InChI=1S/C12H16BrClN2O2/c1-7(6-18-2)11(12(15)17)16-8-3-4-10(14)9(13)5-8/h3-5,7,11,16H,6H2,1-2H3,(H2,15,17). The van der Waals surface area contributed by atoms with Gasteiger partial charge in [-0.2, -0.15) is 0 Å². The molecule has 2 unspecified atom stereocenters. The molecule has 100 valence electrons. The van der Waals surface area contributed by atoms with Crippen LogP contribution in [0, 0.1) is 5.92 Å². The zero-order valence-corrected chi connectivity index (χ0v) is 12.6. The second-order valence-electron chi connectivity index (χ2n) is 4.09. The topological polar surface area (TPSA) is 64.3 Å². The van der Waals surface area contributed by atoms with E-state index in [-0.39, 0.29) is 5.92 Å². The molecular weight excluding hydrogens is 320 g/mol. The fourth-order valence-electron chi connectivity index (χ4n) is 1.62. The van der Waals surface area contributed by atoms with E-state index in [1.165, 1.54) is 0 Å². The van der Waals surface area contributed by atoms with Gasteiger partial charge >= 0.3 is 0 Å². The number of primary amides is 1. The van der Waals surface area contributed by atoms with Crippen LogP contribution in [-0.2, 0) is 9.53 Å². The first-order valence-corrected chi connectivity index (χ1v) is 6.62. The molecule has 4 nitrogen and oxygen atoms in total. The summed E-state index contributed by atoms with van der Waals surface area (Å²) in [5.74, 6) is -0.437. The average Bonchev–Trinajstić information content (AvgIpc) is 2.30. The Morgan fingerprint density at radius 2 is 2.28 bits per heavy atom. The van der Waals surface area contributed by atoms with Crippen molar-refractivity contribution in [2.45, 2.75) is 13.0 Å². The van der Waals surface area contributed by atoms with Crippen LogP contribution in [0.2, 0.25) is 5.02 Å². The Kier molecular flexibility index (Phi) is 5.91. The summed E-state index contributed by atoms with van der Waals surface area (Å²) in [5, 5.41) is 3.70. The van der Waals surface area contributed by atoms with Gasteiger partial charge in [0.1, 0.15) is 6.04 Å². The van der Waals surface area contributed by atoms with E-state index in [4.69, 9.17) is 22.1 Å². The number of methoxy groups -OCH3 is 1. The molecule has 2 atom stereocenters. The molecule has 0 aliphatic heterocycles. The molecule has 0 bridgehead atoms. The zero-order chi connectivity index (χ0) is 13.7. The van der Waals surface area contributed by atoms with Crippen molar-refractivity contribution in [2.24, 2.45) is 11.7 Å². The first kappa shape index (κ1) is 15.3. The van der Waals surface area contributed by atoms with Gasteiger partial charge in [-0.15, -0.1) is 0 Å². The van der Waals surface area contributed by atoms with Crippen LogP contribution in [0.4, 0.5) is 5.69 Å². The van der Waals surface area contributed by atoms with Crippen LogP contribution in [0.25, 0.3) is 0 Å². The summed E-state index contributed by atoms with van der Waals surface area (Å²) in [5.41, 5.74) is 6.16. The molecule has 0 saturated heterocycles. The molecule has 0 heterocycles. The first-order chi connectivity index (χ1) is 8.45. The Bertz CT molecular complexity index is 429. The number of amides is 1. The fraction of sp³-hybridized carbons (Fsp3) is 0.417. The molecule has 0 spiro atoms. The summed E-state index contributed by atoms with van der Waals surface area (Å²) in [6, 6.07) is 4.85. The third-order valence-electron chi connectivity index (χ3n) is 2.55. The van der Waals surface area contributed by atoms with E-state index in [9.17, 15) is 4.79 Å². The van der Waals surface area contributed by atoms with Crippen LogP contribution in [0.15, 0.2) is 22.7 Å². The van der Waals surface area contributed by atoms with E-state index in [0.717, 1.165) is 10.2 Å². The molecule has 3 N–H and O–H groups in total. The van der Waals surface area contributed by atoms with Gasteiger partial charge in [-0.1, -0.05) is 18.5 Å². The lowest BCUT2D eigenvalue weighted by atomic mass is 10.0. The maximum Gasteiger partial charge on any atom is 0.240 e. The van der Waals surface area contributed by atoms with Crippen molar-refractivity contribution in [3.05, 3.63) is 27.7 Å². The van der Waals surface area contributed by atoms with Crippen LogP contribution < -0.4 is 11.1 Å². The monoisotopic (exact) mass is 334 g/mol. The molecular formula is C12H16BrClN2O2. The quantitative estimate of drug-likeness (QED) is 0.840. The molecule has 1 amide bonds. The lowest BCUT2D eigenvalue weighted by molar-refractivity contribution is -0.120. The molecule has 0 radical (unpaired) electrons. The largest absolute Gasteiger partial charge is 0.384 e. The Hall–Kier alpha value is -0.780. The van der Waals surface area contributed by atoms with Crippen molar-refractivity contribution in [1.82, 2.24) is 0 Å². The molecule has 0 aliphatic rings. The molecule has 6 heteroatoms. The average molecular weight is 336 g/mol. The molecule has 0 aliphatic carbocycles. The summed E-state index contributed by atoms with van der Waals surface area (Å²) in [7, 11) is 1.59. The van der Waals surface area contributed by atoms with Gasteiger partial charge in [0.2, 0.25) is 5.91 Å². The molecule has 18 heavy (non-hydrogen) atoms. The maximum atomic E-state index is 11.4. The Morgan fingerprint density at radius 1 is 1.61 bits per heavy atom. The van der Waals surface area contributed by atoms with Gasteiger partial charge in [-0.3, -0.25) is 4.79 Å². The van der Waals surface area contributed by atoms with Gasteiger partial charge in [0.05, 0.1) is 11.6 Å². The highest BCUT2D eigenvalue weighted by molar-refractivity contribution is 9.10. The first-order valence-electron chi connectivity index (χ1n) is 5.45. The predicted octanol–water partition coefficient (Wildman–Crippen LogP) is 2.65. The zero-order valence-electron chi connectivity index (χ0n) is 10.2. The van der Waals surface area contributed by atoms with E-state index >= 15 is 0 Å². The number of benzene rings is 1. The fourth-order valence-corrected chi connectivity index (χ4v) is 2.11. The number of nitrogens with two attached hydrogens (primary N) is 1. The van der Waals surface area contributed by atoms with Crippen LogP contribution in [0.1, 0.15) is 6.92 Å². The molecule has 1 aromatic rings. The summed E-state index contributed by atoms with van der Waals surface area (Å²) >= 11 is 9.23. The Labute approximate surface area is 120 Å². The second-order valence-corrected chi connectivity index (χ2v) is 5.35. The van der Waals surface area contributed by atoms with Gasteiger partial charge in [0.25, 0.3) is 0 Å². The molecule has 1 aromatic carbocycles. The number of halogens is 2. The number of anilines is 1. The Morgan fingerprint density at radius 3 is 2.78 bits per heavy atom.